The van der Waals surface area contributed by atoms with Crippen molar-refractivity contribution in [2.45, 2.75) is 6.42 Å². The number of amides is 1. The highest BCUT2D eigenvalue weighted by Crippen LogP contribution is 2.25. The topological polar surface area (TPSA) is 98.1 Å². The zero-order chi connectivity index (χ0) is 13.0. The Hall–Kier alpha value is -2.24. The molecule has 0 bridgehead atoms. The minimum Gasteiger partial charge on any atom is -0.504 e. The fourth-order valence-corrected chi connectivity index (χ4v) is 1.24. The van der Waals surface area contributed by atoms with Crippen molar-refractivity contribution < 1.29 is 24.9 Å². The minimum absolute atomic E-state index is 0.0792. The van der Waals surface area contributed by atoms with Gasteiger partial charge in [-0.2, -0.15) is 0 Å². The van der Waals surface area contributed by atoms with Crippen LogP contribution in [0, 0.1) is 0 Å². The summed E-state index contributed by atoms with van der Waals surface area (Å²) >= 11 is 0. The number of hydrogen-bond acceptors (Lipinski definition) is 4. The Morgan fingerprint density at radius 1 is 1.24 bits per heavy atom. The Bertz CT molecular complexity index is 443. The number of nitrogens with zero attached hydrogens (tertiary/aromatic N) is 1. The van der Waals surface area contributed by atoms with Crippen molar-refractivity contribution in [3.8, 4) is 11.5 Å². The number of aromatic hydroxyl groups is 2. The van der Waals surface area contributed by atoms with Crippen LogP contribution in [0.2, 0.25) is 0 Å². The predicted octanol–water partition coefficient (Wildman–Crippen LogP) is 0.644. The molecule has 6 heteroatoms. The zero-order valence-electron chi connectivity index (χ0n) is 9.25. The second kappa shape index (κ2) is 5.20. The number of phenolic OH excluding ortho intramolecular Hbond substituents is 2. The molecular weight excluding hydrogens is 226 g/mol. The van der Waals surface area contributed by atoms with Crippen LogP contribution in [0.4, 0.5) is 0 Å². The number of carbonyl (C=O) groups is 2. The number of benzene rings is 1. The van der Waals surface area contributed by atoms with E-state index < -0.39 is 11.9 Å². The van der Waals surface area contributed by atoms with Crippen LogP contribution in [0.25, 0.3) is 0 Å². The molecule has 0 saturated heterocycles. The third kappa shape index (κ3) is 3.37. The molecule has 0 atom stereocenters. The van der Waals surface area contributed by atoms with Gasteiger partial charge in [-0.05, 0) is 18.2 Å². The maximum absolute atomic E-state index is 11.8. The molecule has 92 valence electrons. The van der Waals surface area contributed by atoms with Crippen molar-refractivity contribution in [1.82, 2.24) is 4.90 Å². The number of carbonyl (C=O) groups excluding carboxylic acids is 1. The van der Waals surface area contributed by atoms with E-state index >= 15 is 0 Å². The standard InChI is InChI=1S/C11H13NO5/c1-12(5-4-10(15)16)11(17)7-2-3-8(13)9(14)6-7/h2-3,6,13-14H,4-5H2,1H3,(H,15,16). The first-order chi connectivity index (χ1) is 7.91. The number of hydrogen-bond donors (Lipinski definition) is 3. The summed E-state index contributed by atoms with van der Waals surface area (Å²) in [4.78, 5) is 23.3. The molecule has 1 aromatic rings. The Balaban J connectivity index is 2.74. The molecule has 0 aliphatic carbocycles. The molecule has 0 spiro atoms. The largest absolute Gasteiger partial charge is 0.504 e. The van der Waals surface area contributed by atoms with Gasteiger partial charge >= 0.3 is 5.97 Å². The lowest BCUT2D eigenvalue weighted by atomic mass is 10.1. The summed E-state index contributed by atoms with van der Waals surface area (Å²) in [5.74, 6) is -2.10. The molecular formula is C11H13NO5. The van der Waals surface area contributed by atoms with Crippen LogP contribution < -0.4 is 0 Å². The van der Waals surface area contributed by atoms with Crippen molar-refractivity contribution in [3.05, 3.63) is 23.8 Å². The first-order valence-corrected chi connectivity index (χ1v) is 4.91. The monoisotopic (exact) mass is 239 g/mol. The molecule has 0 heterocycles. The Morgan fingerprint density at radius 2 is 1.88 bits per heavy atom. The number of aliphatic carboxylic acids is 1. The summed E-state index contributed by atoms with van der Waals surface area (Å²) in [5, 5.41) is 26.8. The zero-order valence-corrected chi connectivity index (χ0v) is 9.25. The molecule has 1 amide bonds. The average molecular weight is 239 g/mol. The van der Waals surface area contributed by atoms with Gasteiger partial charge in [0.15, 0.2) is 11.5 Å². The van der Waals surface area contributed by atoms with Gasteiger partial charge in [0.1, 0.15) is 0 Å². The highest BCUT2D eigenvalue weighted by Gasteiger charge is 2.14. The Kier molecular flexibility index (Phi) is 3.92. The molecule has 0 unspecified atom stereocenters. The molecule has 6 nitrogen and oxygen atoms in total. The molecule has 3 N–H and O–H groups in total. The van der Waals surface area contributed by atoms with Crippen molar-refractivity contribution in [3.63, 3.8) is 0 Å². The summed E-state index contributed by atoms with van der Waals surface area (Å²) in [6.45, 7) is 0.0792. The van der Waals surface area contributed by atoms with Gasteiger partial charge in [-0.3, -0.25) is 9.59 Å². The minimum atomic E-state index is -0.988. The van der Waals surface area contributed by atoms with Crippen molar-refractivity contribution in [2.24, 2.45) is 0 Å². The molecule has 1 aromatic carbocycles. The van der Waals surface area contributed by atoms with E-state index in [0.29, 0.717) is 0 Å². The summed E-state index contributed by atoms with van der Waals surface area (Å²) in [7, 11) is 1.47. The number of phenols is 2. The maximum atomic E-state index is 11.8. The Morgan fingerprint density at radius 3 is 2.41 bits per heavy atom. The maximum Gasteiger partial charge on any atom is 0.305 e. The van der Waals surface area contributed by atoms with Gasteiger partial charge in [-0.15, -0.1) is 0 Å². The van der Waals surface area contributed by atoms with Crippen molar-refractivity contribution in [1.29, 1.82) is 0 Å². The van der Waals surface area contributed by atoms with Crippen LogP contribution in [0.1, 0.15) is 16.8 Å². The summed E-state index contributed by atoms with van der Waals surface area (Å²) in [6, 6.07) is 3.69. The molecule has 1 rings (SSSR count). The molecule has 17 heavy (non-hydrogen) atoms. The van der Waals surface area contributed by atoms with Gasteiger partial charge in [0.2, 0.25) is 0 Å². The lowest BCUT2D eigenvalue weighted by Crippen LogP contribution is -2.28. The van der Waals surface area contributed by atoms with E-state index in [4.69, 9.17) is 10.2 Å². The van der Waals surface area contributed by atoms with Gasteiger partial charge in [0.25, 0.3) is 5.91 Å². The van der Waals surface area contributed by atoms with E-state index in [2.05, 4.69) is 0 Å². The van der Waals surface area contributed by atoms with Gasteiger partial charge in [0, 0.05) is 19.2 Å². The van der Waals surface area contributed by atoms with Crippen LogP contribution in [0.15, 0.2) is 18.2 Å². The van der Waals surface area contributed by atoms with Gasteiger partial charge < -0.3 is 20.2 Å². The van der Waals surface area contributed by atoms with Crippen LogP contribution >= 0.6 is 0 Å². The van der Waals surface area contributed by atoms with E-state index in [1.54, 1.807) is 0 Å². The van der Waals surface area contributed by atoms with E-state index in [1.165, 1.54) is 24.1 Å². The highest BCUT2D eigenvalue weighted by atomic mass is 16.4. The van der Waals surface area contributed by atoms with E-state index in [1.807, 2.05) is 0 Å². The van der Waals surface area contributed by atoms with Crippen LogP contribution in [0.3, 0.4) is 0 Å². The first kappa shape index (κ1) is 12.8. The second-order valence-corrected chi connectivity index (χ2v) is 3.57. The normalized spacial score (nSPS) is 9.94. The predicted molar refractivity (Wildman–Crippen MR) is 59.0 cm³/mol. The van der Waals surface area contributed by atoms with E-state index in [0.717, 1.165) is 6.07 Å². The summed E-state index contributed by atoms with van der Waals surface area (Å²) < 4.78 is 0. The number of rotatable bonds is 4. The van der Waals surface area contributed by atoms with E-state index in [9.17, 15) is 14.7 Å². The van der Waals surface area contributed by atoms with Crippen LogP contribution in [-0.4, -0.2) is 45.7 Å². The average Bonchev–Trinajstić information content (AvgIpc) is 2.28. The smallest absolute Gasteiger partial charge is 0.305 e. The molecule has 0 fully saturated rings. The SMILES string of the molecule is CN(CCC(=O)O)C(=O)c1ccc(O)c(O)c1. The lowest BCUT2D eigenvalue weighted by molar-refractivity contribution is -0.137. The van der Waals surface area contributed by atoms with Gasteiger partial charge in [-0.25, -0.2) is 0 Å². The molecule has 0 aliphatic heterocycles. The Labute approximate surface area is 97.7 Å². The lowest BCUT2D eigenvalue weighted by Gasteiger charge is -2.16. The van der Waals surface area contributed by atoms with Crippen molar-refractivity contribution >= 4 is 11.9 Å². The second-order valence-electron chi connectivity index (χ2n) is 3.57. The fourth-order valence-electron chi connectivity index (χ4n) is 1.24. The van der Waals surface area contributed by atoms with Crippen molar-refractivity contribution in [2.75, 3.05) is 13.6 Å². The first-order valence-electron chi connectivity index (χ1n) is 4.91. The third-order valence-electron chi connectivity index (χ3n) is 2.23. The molecule has 0 aromatic heterocycles. The fraction of sp³-hybridized carbons (Fsp3) is 0.273. The summed E-state index contributed by atoms with van der Waals surface area (Å²) in [5.41, 5.74) is 0.188. The van der Waals surface area contributed by atoms with Gasteiger partial charge in [-0.1, -0.05) is 0 Å². The third-order valence-corrected chi connectivity index (χ3v) is 2.23. The molecule has 0 aliphatic rings. The van der Waals surface area contributed by atoms with Gasteiger partial charge in [0.05, 0.1) is 6.42 Å². The summed E-state index contributed by atoms with van der Waals surface area (Å²) in [6.07, 6.45) is -0.147. The van der Waals surface area contributed by atoms with E-state index in [-0.39, 0.29) is 30.0 Å². The number of carboxylic acids is 1. The number of carboxylic acid groups (broad SMARTS) is 1. The quantitative estimate of drug-likeness (QED) is 0.670. The van der Waals surface area contributed by atoms with Crippen LogP contribution in [-0.2, 0) is 4.79 Å². The van der Waals surface area contributed by atoms with Crippen LogP contribution in [0.5, 0.6) is 11.5 Å². The molecule has 0 radical (unpaired) electrons. The highest BCUT2D eigenvalue weighted by molar-refractivity contribution is 5.94. The molecule has 0 saturated carbocycles.